The standard InChI is InChI=1S/C25H33N3O2/c1-16(2)28-22-11-9-19(13-21(22)18(4)14-25(28,5)6)15-26-27-24(29)20-10-8-17(3)12-23(20)30-7/h8-13,15-16,18H,14H2,1-7H3,(H,27,29)/b26-15+. The highest BCUT2D eigenvalue weighted by molar-refractivity contribution is 5.97. The van der Waals surface area contributed by atoms with Crippen LogP contribution in [0.25, 0.3) is 0 Å². The van der Waals surface area contributed by atoms with Crippen LogP contribution in [0.2, 0.25) is 0 Å². The van der Waals surface area contributed by atoms with E-state index in [1.54, 1.807) is 19.4 Å². The number of hydrogen-bond donors (Lipinski definition) is 1. The highest BCUT2D eigenvalue weighted by atomic mass is 16.5. The van der Waals surface area contributed by atoms with Gasteiger partial charge in [0.2, 0.25) is 0 Å². The van der Waals surface area contributed by atoms with Crippen LogP contribution in [0.15, 0.2) is 41.5 Å². The molecule has 1 amide bonds. The number of aryl methyl sites for hydroxylation is 1. The van der Waals surface area contributed by atoms with Crippen molar-refractivity contribution in [2.75, 3.05) is 12.0 Å². The summed E-state index contributed by atoms with van der Waals surface area (Å²) < 4.78 is 5.31. The Bertz CT molecular complexity index is 963. The minimum absolute atomic E-state index is 0.122. The fourth-order valence-corrected chi connectivity index (χ4v) is 4.74. The molecule has 1 heterocycles. The molecule has 1 unspecified atom stereocenters. The van der Waals surface area contributed by atoms with Gasteiger partial charge in [-0.3, -0.25) is 4.79 Å². The van der Waals surface area contributed by atoms with Crippen LogP contribution in [0, 0.1) is 6.92 Å². The molecule has 0 spiro atoms. The third-order valence-corrected chi connectivity index (χ3v) is 5.80. The molecule has 1 aliphatic rings. The van der Waals surface area contributed by atoms with Gasteiger partial charge in [-0.15, -0.1) is 0 Å². The van der Waals surface area contributed by atoms with E-state index in [1.807, 2.05) is 19.1 Å². The van der Waals surface area contributed by atoms with Crippen molar-refractivity contribution in [2.24, 2.45) is 5.10 Å². The van der Waals surface area contributed by atoms with Crippen LogP contribution in [-0.4, -0.2) is 30.8 Å². The van der Waals surface area contributed by atoms with Crippen molar-refractivity contribution in [3.63, 3.8) is 0 Å². The van der Waals surface area contributed by atoms with E-state index >= 15 is 0 Å². The van der Waals surface area contributed by atoms with Crippen LogP contribution in [-0.2, 0) is 0 Å². The highest BCUT2D eigenvalue weighted by Gasteiger charge is 2.37. The molecule has 3 rings (SSSR count). The molecule has 5 nitrogen and oxygen atoms in total. The summed E-state index contributed by atoms with van der Waals surface area (Å²) in [7, 11) is 1.56. The number of nitrogens with zero attached hydrogens (tertiary/aromatic N) is 2. The second-order valence-electron chi connectivity index (χ2n) is 9.10. The van der Waals surface area contributed by atoms with Crippen LogP contribution in [0.5, 0.6) is 5.75 Å². The predicted octanol–water partition coefficient (Wildman–Crippen LogP) is 5.27. The van der Waals surface area contributed by atoms with E-state index in [4.69, 9.17) is 4.74 Å². The first kappa shape index (κ1) is 21.9. The van der Waals surface area contributed by atoms with Crippen molar-refractivity contribution < 1.29 is 9.53 Å². The maximum absolute atomic E-state index is 12.5. The van der Waals surface area contributed by atoms with Gasteiger partial charge in [0.25, 0.3) is 5.91 Å². The Hall–Kier alpha value is -2.82. The predicted molar refractivity (Wildman–Crippen MR) is 124 cm³/mol. The molecule has 1 atom stereocenters. The first-order valence-corrected chi connectivity index (χ1v) is 10.6. The first-order valence-electron chi connectivity index (χ1n) is 10.6. The quantitative estimate of drug-likeness (QED) is 0.543. The lowest BCUT2D eigenvalue weighted by molar-refractivity contribution is 0.0952. The first-order chi connectivity index (χ1) is 14.1. The Morgan fingerprint density at radius 3 is 2.67 bits per heavy atom. The number of rotatable bonds is 5. The fraction of sp³-hybridized carbons (Fsp3) is 0.440. The average molecular weight is 408 g/mol. The lowest BCUT2D eigenvalue weighted by atomic mass is 9.79. The third kappa shape index (κ3) is 4.35. The van der Waals surface area contributed by atoms with E-state index in [0.717, 1.165) is 17.5 Å². The number of amides is 1. The van der Waals surface area contributed by atoms with Crippen LogP contribution < -0.4 is 15.1 Å². The summed E-state index contributed by atoms with van der Waals surface area (Å²) in [5.41, 5.74) is 7.83. The summed E-state index contributed by atoms with van der Waals surface area (Å²) in [5.74, 6) is 0.716. The smallest absolute Gasteiger partial charge is 0.275 e. The molecule has 2 aromatic rings. The van der Waals surface area contributed by atoms with Gasteiger partial charge in [0.1, 0.15) is 5.75 Å². The maximum Gasteiger partial charge on any atom is 0.275 e. The Morgan fingerprint density at radius 2 is 2.00 bits per heavy atom. The molecule has 0 fully saturated rings. The molecule has 1 aliphatic heterocycles. The fourth-order valence-electron chi connectivity index (χ4n) is 4.74. The van der Waals surface area contributed by atoms with Gasteiger partial charge in [-0.05, 0) is 87.9 Å². The second kappa shape index (κ2) is 8.50. The Kier molecular flexibility index (Phi) is 6.20. The van der Waals surface area contributed by atoms with Crippen molar-refractivity contribution in [1.29, 1.82) is 0 Å². The van der Waals surface area contributed by atoms with Gasteiger partial charge in [0.05, 0.1) is 18.9 Å². The van der Waals surface area contributed by atoms with Crippen LogP contribution in [0.1, 0.15) is 74.0 Å². The molecule has 0 saturated heterocycles. The topological polar surface area (TPSA) is 53.9 Å². The van der Waals surface area contributed by atoms with Gasteiger partial charge < -0.3 is 9.64 Å². The third-order valence-electron chi connectivity index (χ3n) is 5.80. The van der Waals surface area contributed by atoms with Crippen molar-refractivity contribution >= 4 is 17.8 Å². The molecule has 0 bridgehead atoms. The van der Waals surface area contributed by atoms with Crippen molar-refractivity contribution in [1.82, 2.24) is 5.43 Å². The van der Waals surface area contributed by atoms with Crippen LogP contribution >= 0.6 is 0 Å². The molecule has 30 heavy (non-hydrogen) atoms. The number of benzene rings is 2. The number of methoxy groups -OCH3 is 1. The second-order valence-corrected chi connectivity index (χ2v) is 9.10. The van der Waals surface area contributed by atoms with E-state index < -0.39 is 0 Å². The number of carbonyl (C=O) groups excluding carboxylic acids is 1. The summed E-state index contributed by atoms with van der Waals surface area (Å²) in [5, 5.41) is 4.18. The SMILES string of the molecule is COc1cc(C)ccc1C(=O)N/N=C/c1ccc2c(c1)C(C)CC(C)(C)N2C(C)C. The number of ether oxygens (including phenoxy) is 1. The van der Waals surface area contributed by atoms with Gasteiger partial charge in [-0.25, -0.2) is 5.43 Å². The van der Waals surface area contributed by atoms with Gasteiger partial charge in [0, 0.05) is 17.3 Å². The van der Waals surface area contributed by atoms with Crippen LogP contribution in [0.3, 0.4) is 0 Å². The number of hydrogen-bond acceptors (Lipinski definition) is 4. The van der Waals surface area contributed by atoms with Crippen LogP contribution in [0.4, 0.5) is 5.69 Å². The largest absolute Gasteiger partial charge is 0.496 e. The van der Waals surface area contributed by atoms with Crippen molar-refractivity contribution in [2.45, 2.75) is 65.5 Å². The average Bonchev–Trinajstić information content (AvgIpc) is 2.67. The minimum Gasteiger partial charge on any atom is -0.496 e. The number of anilines is 1. The summed E-state index contributed by atoms with van der Waals surface area (Å²) in [6.07, 6.45) is 2.80. The molecule has 5 heteroatoms. The summed E-state index contributed by atoms with van der Waals surface area (Å²) >= 11 is 0. The van der Waals surface area contributed by atoms with E-state index in [0.29, 0.717) is 23.3 Å². The number of nitrogens with one attached hydrogen (secondary N) is 1. The maximum atomic E-state index is 12.5. The number of hydrazone groups is 1. The Labute approximate surface area is 180 Å². The van der Waals surface area contributed by atoms with E-state index in [2.05, 4.69) is 68.2 Å². The molecule has 2 aromatic carbocycles. The summed E-state index contributed by atoms with van der Waals surface area (Å²) in [6.45, 7) is 13.4. The molecule has 0 aromatic heterocycles. The molecule has 1 N–H and O–H groups in total. The zero-order valence-electron chi connectivity index (χ0n) is 19.1. The van der Waals surface area contributed by atoms with Crippen molar-refractivity contribution in [3.8, 4) is 5.75 Å². The molecule has 160 valence electrons. The summed E-state index contributed by atoms with van der Waals surface area (Å²) in [6, 6.07) is 12.3. The molecular weight excluding hydrogens is 374 g/mol. The van der Waals surface area contributed by atoms with E-state index in [-0.39, 0.29) is 11.4 Å². The Balaban J connectivity index is 1.80. The normalized spacial score (nSPS) is 17.9. The lowest BCUT2D eigenvalue weighted by Crippen LogP contribution is -2.51. The number of carbonyl (C=O) groups is 1. The molecule has 0 saturated carbocycles. The number of fused-ring (bicyclic) bond motifs is 1. The summed E-state index contributed by atoms with van der Waals surface area (Å²) in [4.78, 5) is 15.0. The zero-order chi connectivity index (χ0) is 22.1. The van der Waals surface area contributed by atoms with Crippen molar-refractivity contribution in [3.05, 3.63) is 58.7 Å². The Morgan fingerprint density at radius 1 is 1.27 bits per heavy atom. The van der Waals surface area contributed by atoms with E-state index in [1.165, 1.54) is 11.3 Å². The molecule has 0 radical (unpaired) electrons. The molecular formula is C25H33N3O2. The minimum atomic E-state index is -0.290. The zero-order valence-corrected chi connectivity index (χ0v) is 19.1. The monoisotopic (exact) mass is 407 g/mol. The van der Waals surface area contributed by atoms with E-state index in [9.17, 15) is 4.79 Å². The van der Waals surface area contributed by atoms with Gasteiger partial charge in [-0.1, -0.05) is 19.1 Å². The van der Waals surface area contributed by atoms with Gasteiger partial charge >= 0.3 is 0 Å². The van der Waals surface area contributed by atoms with Gasteiger partial charge in [0.15, 0.2) is 0 Å². The van der Waals surface area contributed by atoms with Gasteiger partial charge in [-0.2, -0.15) is 5.10 Å². The highest BCUT2D eigenvalue weighted by Crippen LogP contribution is 2.44. The molecule has 0 aliphatic carbocycles. The lowest BCUT2D eigenvalue weighted by Gasteiger charge is -2.50.